The van der Waals surface area contributed by atoms with Crippen molar-refractivity contribution < 1.29 is 0 Å². The van der Waals surface area contributed by atoms with E-state index in [9.17, 15) is 0 Å². The standard InChI is InChI=1S/C33H59P/c1-4-7-10-13-16-20-25-30(26-21-17-14-11-8-5-2)32(29-24-18-15-12-9-6-3)33(34)31-27-22-19-23-28-31/h19,22-23,27-28,33H,4-18,20-21,24-26,29,34H2,1-3H3. The van der Waals surface area contributed by atoms with E-state index >= 15 is 0 Å². The second-order valence-corrected chi connectivity index (χ2v) is 11.2. The van der Waals surface area contributed by atoms with Crippen LogP contribution in [0.25, 0.3) is 0 Å². The van der Waals surface area contributed by atoms with Crippen molar-refractivity contribution >= 4 is 9.24 Å². The average molecular weight is 487 g/mol. The van der Waals surface area contributed by atoms with Gasteiger partial charge in [0.05, 0.1) is 0 Å². The van der Waals surface area contributed by atoms with E-state index < -0.39 is 0 Å². The van der Waals surface area contributed by atoms with Gasteiger partial charge in [0.25, 0.3) is 0 Å². The van der Waals surface area contributed by atoms with Gasteiger partial charge in [0.1, 0.15) is 0 Å². The van der Waals surface area contributed by atoms with Crippen LogP contribution in [0.2, 0.25) is 0 Å². The van der Waals surface area contributed by atoms with E-state index in [2.05, 4.69) is 60.3 Å². The summed E-state index contributed by atoms with van der Waals surface area (Å²) in [5.74, 6) is 0. The summed E-state index contributed by atoms with van der Waals surface area (Å²) >= 11 is 0. The molecule has 1 aromatic rings. The van der Waals surface area contributed by atoms with Gasteiger partial charge >= 0.3 is 0 Å². The minimum Gasteiger partial charge on any atom is -0.125 e. The van der Waals surface area contributed by atoms with Gasteiger partial charge in [0.15, 0.2) is 0 Å². The Hall–Kier alpha value is -0.610. The maximum Gasteiger partial charge on any atom is 0.0195 e. The molecule has 0 aliphatic heterocycles. The van der Waals surface area contributed by atoms with Gasteiger partial charge in [-0.1, -0.05) is 159 Å². The van der Waals surface area contributed by atoms with Crippen LogP contribution >= 0.6 is 9.24 Å². The Morgan fingerprint density at radius 1 is 0.529 bits per heavy atom. The summed E-state index contributed by atoms with van der Waals surface area (Å²) in [6.45, 7) is 6.95. The third-order valence-electron chi connectivity index (χ3n) is 7.45. The molecule has 2 unspecified atom stereocenters. The Balaban J connectivity index is 2.86. The first-order valence-electron chi connectivity index (χ1n) is 15.3. The first-order valence-corrected chi connectivity index (χ1v) is 15.9. The monoisotopic (exact) mass is 486 g/mol. The fourth-order valence-corrected chi connectivity index (χ4v) is 5.82. The Kier molecular flexibility index (Phi) is 21.1. The summed E-state index contributed by atoms with van der Waals surface area (Å²) in [5, 5.41) is 0. The van der Waals surface area contributed by atoms with E-state index in [4.69, 9.17) is 0 Å². The normalized spacial score (nSPS) is 12.1. The molecule has 0 radical (unpaired) electrons. The molecule has 34 heavy (non-hydrogen) atoms. The van der Waals surface area contributed by atoms with Gasteiger partial charge in [-0.3, -0.25) is 0 Å². The molecule has 0 N–H and O–H groups in total. The lowest BCUT2D eigenvalue weighted by Crippen LogP contribution is -2.02. The van der Waals surface area contributed by atoms with Crippen molar-refractivity contribution in [3.05, 3.63) is 47.0 Å². The quantitative estimate of drug-likeness (QED) is 0.0819. The summed E-state index contributed by atoms with van der Waals surface area (Å²) < 4.78 is 0. The van der Waals surface area contributed by atoms with E-state index in [1.807, 2.05) is 5.57 Å². The zero-order valence-corrected chi connectivity index (χ0v) is 24.5. The van der Waals surface area contributed by atoms with Crippen LogP contribution in [0.15, 0.2) is 41.5 Å². The molecular formula is C33H59P. The van der Waals surface area contributed by atoms with E-state index in [0.29, 0.717) is 5.66 Å². The Bertz CT molecular complexity index is 570. The van der Waals surface area contributed by atoms with Crippen molar-refractivity contribution in [2.24, 2.45) is 0 Å². The molecule has 0 aliphatic rings. The molecule has 0 aromatic heterocycles. The largest absolute Gasteiger partial charge is 0.125 e. The number of unbranched alkanes of at least 4 members (excludes halogenated alkanes) is 15. The van der Waals surface area contributed by atoms with E-state index in [1.54, 1.807) is 5.57 Å². The predicted octanol–water partition coefficient (Wildman–Crippen LogP) is 12.2. The molecular weight excluding hydrogens is 427 g/mol. The molecule has 0 fully saturated rings. The van der Waals surface area contributed by atoms with Gasteiger partial charge in [-0.25, -0.2) is 0 Å². The van der Waals surface area contributed by atoms with Crippen LogP contribution in [0.5, 0.6) is 0 Å². The summed E-state index contributed by atoms with van der Waals surface area (Å²) in [5.41, 5.74) is 5.57. The van der Waals surface area contributed by atoms with Crippen LogP contribution in [-0.2, 0) is 0 Å². The molecule has 2 atom stereocenters. The van der Waals surface area contributed by atoms with Crippen molar-refractivity contribution in [2.45, 2.75) is 161 Å². The molecule has 0 saturated carbocycles. The highest BCUT2D eigenvalue weighted by Crippen LogP contribution is 2.39. The maximum absolute atomic E-state index is 3.24. The molecule has 1 aromatic carbocycles. The molecule has 0 amide bonds. The van der Waals surface area contributed by atoms with E-state index in [1.165, 1.54) is 140 Å². The fraction of sp³-hybridized carbons (Fsp3) is 0.758. The maximum atomic E-state index is 3.24. The van der Waals surface area contributed by atoms with Gasteiger partial charge in [0, 0.05) is 5.66 Å². The van der Waals surface area contributed by atoms with Gasteiger partial charge in [-0.05, 0) is 44.1 Å². The zero-order valence-electron chi connectivity index (χ0n) is 23.4. The van der Waals surface area contributed by atoms with Crippen LogP contribution in [0.1, 0.15) is 167 Å². The topological polar surface area (TPSA) is 0 Å². The van der Waals surface area contributed by atoms with Gasteiger partial charge < -0.3 is 0 Å². The average Bonchev–Trinajstić information content (AvgIpc) is 2.87. The molecule has 0 aliphatic carbocycles. The Labute approximate surface area is 217 Å². The number of hydrogen-bond donors (Lipinski definition) is 0. The minimum absolute atomic E-state index is 0.493. The predicted molar refractivity (Wildman–Crippen MR) is 160 cm³/mol. The van der Waals surface area contributed by atoms with Crippen LogP contribution in [0.3, 0.4) is 0 Å². The molecule has 0 nitrogen and oxygen atoms in total. The van der Waals surface area contributed by atoms with Crippen molar-refractivity contribution in [3.8, 4) is 0 Å². The lowest BCUT2D eigenvalue weighted by molar-refractivity contribution is 0.572. The van der Waals surface area contributed by atoms with Gasteiger partial charge in [0.2, 0.25) is 0 Å². The first kappa shape index (κ1) is 31.4. The van der Waals surface area contributed by atoms with Crippen molar-refractivity contribution in [1.82, 2.24) is 0 Å². The molecule has 0 spiro atoms. The third kappa shape index (κ3) is 15.4. The van der Waals surface area contributed by atoms with Crippen LogP contribution in [0.4, 0.5) is 0 Å². The summed E-state index contributed by atoms with van der Waals surface area (Å²) in [7, 11) is 3.24. The van der Waals surface area contributed by atoms with Crippen molar-refractivity contribution in [2.75, 3.05) is 0 Å². The first-order chi connectivity index (χ1) is 16.7. The fourth-order valence-electron chi connectivity index (χ4n) is 5.19. The van der Waals surface area contributed by atoms with Crippen molar-refractivity contribution in [3.63, 3.8) is 0 Å². The summed E-state index contributed by atoms with van der Waals surface area (Å²) in [6, 6.07) is 11.3. The zero-order chi connectivity index (χ0) is 24.7. The Morgan fingerprint density at radius 3 is 1.35 bits per heavy atom. The summed E-state index contributed by atoms with van der Waals surface area (Å²) in [4.78, 5) is 0. The molecule has 1 heteroatoms. The number of benzene rings is 1. The highest BCUT2D eigenvalue weighted by molar-refractivity contribution is 7.17. The Morgan fingerprint density at radius 2 is 0.912 bits per heavy atom. The lowest BCUT2D eigenvalue weighted by atomic mass is 9.88. The van der Waals surface area contributed by atoms with Gasteiger partial charge in [-0.2, -0.15) is 0 Å². The molecule has 196 valence electrons. The van der Waals surface area contributed by atoms with E-state index in [0.717, 1.165) is 0 Å². The van der Waals surface area contributed by atoms with Gasteiger partial charge in [-0.15, -0.1) is 9.24 Å². The highest BCUT2D eigenvalue weighted by atomic mass is 31.0. The third-order valence-corrected chi connectivity index (χ3v) is 8.24. The molecule has 1 rings (SSSR count). The minimum atomic E-state index is 0.493. The van der Waals surface area contributed by atoms with Crippen LogP contribution in [0, 0.1) is 0 Å². The SMILES string of the molecule is CCCCCCCCC(CCCCCCCC)=C(CCCCCCCC)C(P)c1ccccc1. The van der Waals surface area contributed by atoms with Crippen LogP contribution < -0.4 is 0 Å². The lowest BCUT2D eigenvalue weighted by Gasteiger charge is -2.23. The number of rotatable bonds is 23. The highest BCUT2D eigenvalue weighted by Gasteiger charge is 2.16. The van der Waals surface area contributed by atoms with Crippen molar-refractivity contribution in [1.29, 1.82) is 0 Å². The van der Waals surface area contributed by atoms with E-state index in [-0.39, 0.29) is 0 Å². The number of allylic oxidation sites excluding steroid dienone is 2. The summed E-state index contributed by atoms with van der Waals surface area (Å²) in [6.07, 6.45) is 29.1. The second-order valence-electron chi connectivity index (χ2n) is 10.6. The van der Waals surface area contributed by atoms with Crippen LogP contribution in [-0.4, -0.2) is 0 Å². The molecule has 0 heterocycles. The molecule has 0 bridgehead atoms. The smallest absolute Gasteiger partial charge is 0.0195 e. The molecule has 0 saturated heterocycles. The second kappa shape index (κ2) is 22.8. The number of hydrogen-bond acceptors (Lipinski definition) is 0.